The zero-order valence-electron chi connectivity index (χ0n) is 31.4. The molecule has 0 amide bonds. The van der Waals surface area contributed by atoms with E-state index < -0.39 is 14.1 Å². The minimum atomic E-state index is -4.29. The molecule has 0 fully saturated rings. The fraction of sp³-hybridized carbons (Fsp3) is 0.550. The van der Waals surface area contributed by atoms with Gasteiger partial charge in [-0.3, -0.25) is 0 Å². The van der Waals surface area contributed by atoms with E-state index in [-0.39, 0.29) is 28.3 Å². The molecule has 0 bridgehead atoms. The zero-order chi connectivity index (χ0) is 35.5. The zero-order valence-corrected chi connectivity index (χ0v) is 32.3. The highest BCUT2D eigenvalue weighted by atomic mass is 31.2. The second-order valence-electron chi connectivity index (χ2n) is 17.4. The van der Waals surface area contributed by atoms with Gasteiger partial charge < -0.3 is 18.9 Å². The number of benzene rings is 3. The first-order chi connectivity index (χ1) is 21.3. The van der Waals surface area contributed by atoms with Crippen molar-refractivity contribution >= 4 is 7.82 Å². The molecule has 0 spiro atoms. The largest absolute Gasteiger partial charge is 0.589 e. The van der Waals surface area contributed by atoms with Crippen LogP contribution >= 0.6 is 7.82 Å². The molecule has 0 radical (unpaired) electrons. The number of phenolic OH excluding ortho intramolecular Hbond substituents is 1. The third-order valence-corrected chi connectivity index (χ3v) is 9.94. The highest BCUT2D eigenvalue weighted by Gasteiger charge is 2.41. The van der Waals surface area contributed by atoms with E-state index in [0.717, 1.165) is 50.1 Å². The van der Waals surface area contributed by atoms with Gasteiger partial charge in [0.15, 0.2) is 6.29 Å². The Morgan fingerprint density at radius 3 is 1.43 bits per heavy atom. The molecule has 3 aromatic carbocycles. The SMILES string of the molecule is Cc1cc2c(c(C(C)(C)C)c1)OP(=O)(OC(C)OCc1cc(C(C)(C)C)c(O)c(C(C)(C)C)c1)Oc1c(cc(C)cc1C(C)(C)C)C2. The third-order valence-electron chi connectivity index (χ3n) is 8.57. The lowest BCUT2D eigenvalue weighted by atomic mass is 9.78. The van der Waals surface area contributed by atoms with E-state index in [9.17, 15) is 9.67 Å². The van der Waals surface area contributed by atoms with Gasteiger partial charge in [0.25, 0.3) is 0 Å². The molecule has 6 nitrogen and oxygen atoms in total. The summed E-state index contributed by atoms with van der Waals surface area (Å²) in [5.41, 5.74) is 7.42. The maximum absolute atomic E-state index is 14.9. The van der Waals surface area contributed by atoms with Crippen molar-refractivity contribution in [2.45, 2.75) is 145 Å². The van der Waals surface area contributed by atoms with E-state index in [0.29, 0.717) is 23.7 Å². The maximum atomic E-state index is 14.9. The van der Waals surface area contributed by atoms with Crippen LogP contribution in [0.5, 0.6) is 17.2 Å². The molecule has 1 atom stereocenters. The average molecular weight is 665 g/mol. The molecule has 1 unspecified atom stereocenters. The summed E-state index contributed by atoms with van der Waals surface area (Å²) >= 11 is 0. The lowest BCUT2D eigenvalue weighted by Crippen LogP contribution is -2.22. The third kappa shape index (κ3) is 8.45. The molecule has 1 aliphatic rings. The van der Waals surface area contributed by atoms with Crippen LogP contribution in [0.3, 0.4) is 0 Å². The first kappa shape index (κ1) is 37.0. The molecule has 0 saturated carbocycles. The second-order valence-corrected chi connectivity index (χ2v) is 18.9. The van der Waals surface area contributed by atoms with Gasteiger partial charge in [0.1, 0.15) is 17.2 Å². The van der Waals surface area contributed by atoms with Gasteiger partial charge in [0.05, 0.1) is 6.61 Å². The van der Waals surface area contributed by atoms with Crippen LogP contribution in [0, 0.1) is 13.8 Å². The van der Waals surface area contributed by atoms with E-state index in [4.69, 9.17) is 18.3 Å². The van der Waals surface area contributed by atoms with Crippen LogP contribution in [0.25, 0.3) is 0 Å². The van der Waals surface area contributed by atoms with Gasteiger partial charge in [0, 0.05) is 17.5 Å². The molecular formula is C40H57O6P. The second kappa shape index (κ2) is 12.6. The average Bonchev–Trinajstić information content (AvgIpc) is 2.87. The van der Waals surface area contributed by atoms with Gasteiger partial charge in [-0.2, -0.15) is 0 Å². The molecule has 1 N–H and O–H groups in total. The molecular weight excluding hydrogens is 607 g/mol. The highest BCUT2D eigenvalue weighted by molar-refractivity contribution is 7.49. The number of phosphoric ester groups is 1. The molecule has 3 aromatic rings. The van der Waals surface area contributed by atoms with E-state index >= 15 is 0 Å². The number of hydrogen-bond acceptors (Lipinski definition) is 6. The van der Waals surface area contributed by atoms with Crippen LogP contribution in [-0.4, -0.2) is 11.4 Å². The monoisotopic (exact) mass is 664 g/mol. The number of rotatable bonds is 5. The fourth-order valence-electron chi connectivity index (χ4n) is 6.13. The Bertz CT molecular complexity index is 1580. The van der Waals surface area contributed by atoms with Crippen molar-refractivity contribution in [3.63, 3.8) is 0 Å². The Morgan fingerprint density at radius 2 is 1.06 bits per heavy atom. The highest BCUT2D eigenvalue weighted by Crippen LogP contribution is 2.57. The Balaban J connectivity index is 1.78. The normalized spacial score (nSPS) is 15.9. The summed E-state index contributed by atoms with van der Waals surface area (Å²) in [6, 6.07) is 12.3. The smallest absolute Gasteiger partial charge is 0.507 e. The number of ether oxygens (including phenoxy) is 1. The van der Waals surface area contributed by atoms with Crippen molar-refractivity contribution in [1.29, 1.82) is 0 Å². The van der Waals surface area contributed by atoms with E-state index in [1.54, 1.807) is 6.92 Å². The van der Waals surface area contributed by atoms with Crippen LogP contribution in [0.4, 0.5) is 0 Å². The predicted octanol–water partition coefficient (Wildman–Crippen LogP) is 11.2. The maximum Gasteiger partial charge on any atom is 0.589 e. The molecule has 0 saturated heterocycles. The summed E-state index contributed by atoms with van der Waals surface area (Å²) in [4.78, 5) is 0. The lowest BCUT2D eigenvalue weighted by molar-refractivity contribution is -0.0861. The number of aromatic hydroxyl groups is 1. The molecule has 4 rings (SSSR count). The van der Waals surface area contributed by atoms with Gasteiger partial charge in [-0.15, -0.1) is 0 Å². The van der Waals surface area contributed by atoms with Gasteiger partial charge in [-0.05, 0) is 82.4 Å². The molecule has 1 heterocycles. The molecule has 0 aliphatic carbocycles. The number of fused-ring (bicyclic) bond motifs is 2. The predicted molar refractivity (Wildman–Crippen MR) is 192 cm³/mol. The van der Waals surface area contributed by atoms with Crippen LogP contribution in [-0.2, 0) is 48.5 Å². The van der Waals surface area contributed by atoms with Crippen LogP contribution in [0.15, 0.2) is 36.4 Å². The van der Waals surface area contributed by atoms with Crippen molar-refractivity contribution in [3.05, 3.63) is 86.5 Å². The molecule has 0 aromatic heterocycles. The van der Waals surface area contributed by atoms with Crippen LogP contribution in [0.2, 0.25) is 0 Å². The van der Waals surface area contributed by atoms with Crippen molar-refractivity contribution < 1.29 is 28.0 Å². The van der Waals surface area contributed by atoms with Gasteiger partial charge in [0.2, 0.25) is 0 Å². The van der Waals surface area contributed by atoms with Crippen molar-refractivity contribution in [2.24, 2.45) is 0 Å². The van der Waals surface area contributed by atoms with Crippen molar-refractivity contribution in [2.75, 3.05) is 0 Å². The Morgan fingerprint density at radius 1 is 0.681 bits per heavy atom. The number of aryl methyl sites for hydroxylation is 2. The number of phenols is 1. The topological polar surface area (TPSA) is 74.2 Å². The standard InChI is InChI=1S/C40H57O6P/c1-24-16-28-22-29-17-25(2)19-33(40(13,14)15)36(29)46-47(42,45-35(28)32(18-24)39(10,11)12)44-26(3)43-23-27-20-30(37(4,5)6)34(41)31(21-27)38(7,8)9/h16-21,26,41H,22-23H2,1-15H3. The summed E-state index contributed by atoms with van der Waals surface area (Å²) in [6.45, 7) is 31.2. The van der Waals surface area contributed by atoms with E-state index in [1.807, 2.05) is 12.1 Å². The Hall–Kier alpha value is -2.79. The van der Waals surface area contributed by atoms with Crippen molar-refractivity contribution in [1.82, 2.24) is 0 Å². The van der Waals surface area contributed by atoms with Gasteiger partial charge in [-0.25, -0.2) is 9.09 Å². The minimum absolute atomic E-state index is 0.180. The summed E-state index contributed by atoms with van der Waals surface area (Å²) < 4.78 is 40.2. The summed E-state index contributed by atoms with van der Waals surface area (Å²) in [5, 5.41) is 11.2. The molecule has 7 heteroatoms. The lowest BCUT2D eigenvalue weighted by Gasteiger charge is -2.33. The van der Waals surface area contributed by atoms with Crippen LogP contribution in [0.1, 0.15) is 140 Å². The molecule has 1 aliphatic heterocycles. The van der Waals surface area contributed by atoms with Gasteiger partial charge >= 0.3 is 7.82 Å². The summed E-state index contributed by atoms with van der Waals surface area (Å²) in [7, 11) is -4.29. The van der Waals surface area contributed by atoms with Gasteiger partial charge in [-0.1, -0.05) is 118 Å². The Kier molecular flexibility index (Phi) is 9.92. The fourth-order valence-corrected chi connectivity index (χ4v) is 7.55. The number of phosphoric acid groups is 1. The molecule has 258 valence electrons. The van der Waals surface area contributed by atoms with E-state index in [1.165, 1.54) is 0 Å². The summed E-state index contributed by atoms with van der Waals surface area (Å²) in [6.07, 6.45) is -0.372. The minimum Gasteiger partial charge on any atom is -0.507 e. The van der Waals surface area contributed by atoms with Crippen molar-refractivity contribution in [3.8, 4) is 17.2 Å². The van der Waals surface area contributed by atoms with Crippen LogP contribution < -0.4 is 9.05 Å². The first-order valence-corrected chi connectivity index (χ1v) is 18.2. The molecule has 47 heavy (non-hydrogen) atoms. The first-order valence-electron chi connectivity index (χ1n) is 16.7. The summed E-state index contributed by atoms with van der Waals surface area (Å²) in [5.74, 6) is 1.38. The number of hydrogen-bond donors (Lipinski definition) is 1. The quantitative estimate of drug-likeness (QED) is 0.216. The Labute approximate surface area is 283 Å². The van der Waals surface area contributed by atoms with E-state index in [2.05, 4.69) is 121 Å².